The highest BCUT2D eigenvalue weighted by Gasteiger charge is 2.22. The molecule has 1 rings (SSSR count). The largest absolute Gasteiger partial charge is 0.497 e. The molecule has 1 aromatic rings. The lowest BCUT2D eigenvalue weighted by atomic mass is 9.89. The van der Waals surface area contributed by atoms with E-state index >= 15 is 0 Å². The molecule has 0 aliphatic carbocycles. The first-order valence-electron chi connectivity index (χ1n) is 6.45. The van der Waals surface area contributed by atoms with E-state index in [1.165, 1.54) is 0 Å². The fraction of sp³-hybridized carbons (Fsp3) is 0.533. The van der Waals surface area contributed by atoms with Crippen LogP contribution in [0.25, 0.3) is 0 Å². The molecule has 0 atom stereocenters. The predicted molar refractivity (Wildman–Crippen MR) is 76.9 cm³/mol. The van der Waals surface area contributed by atoms with E-state index < -0.39 is 0 Å². The van der Waals surface area contributed by atoms with Crippen molar-refractivity contribution in [3.05, 3.63) is 29.8 Å². The van der Waals surface area contributed by atoms with Crippen LogP contribution in [0.2, 0.25) is 0 Å². The third-order valence-corrected chi connectivity index (χ3v) is 3.19. The molecular weight excluding hydrogens is 240 g/mol. The van der Waals surface area contributed by atoms with Crippen LogP contribution in [-0.2, 0) is 11.3 Å². The Morgan fingerprint density at radius 2 is 1.89 bits per heavy atom. The van der Waals surface area contributed by atoms with Gasteiger partial charge in [-0.2, -0.15) is 0 Å². The number of ether oxygens (including phenoxy) is 1. The molecule has 4 nitrogen and oxygen atoms in total. The van der Waals surface area contributed by atoms with Crippen molar-refractivity contribution in [2.24, 2.45) is 11.1 Å². The molecule has 0 heterocycles. The molecule has 0 unspecified atom stereocenters. The molecule has 1 aromatic carbocycles. The Bertz CT molecular complexity index is 413. The van der Waals surface area contributed by atoms with Crippen LogP contribution in [0.15, 0.2) is 24.3 Å². The summed E-state index contributed by atoms with van der Waals surface area (Å²) < 4.78 is 5.11. The van der Waals surface area contributed by atoms with E-state index in [9.17, 15) is 4.79 Å². The highest BCUT2D eigenvalue weighted by Crippen LogP contribution is 2.20. The van der Waals surface area contributed by atoms with Gasteiger partial charge in [-0.3, -0.25) is 4.79 Å². The highest BCUT2D eigenvalue weighted by atomic mass is 16.5. The molecule has 0 bridgehead atoms. The average Bonchev–Trinajstić information content (AvgIpc) is 2.39. The zero-order valence-corrected chi connectivity index (χ0v) is 12.3. The van der Waals surface area contributed by atoms with Crippen molar-refractivity contribution in [2.45, 2.75) is 26.8 Å². The average molecular weight is 264 g/mol. The van der Waals surface area contributed by atoms with Crippen molar-refractivity contribution in [2.75, 3.05) is 20.7 Å². The van der Waals surface area contributed by atoms with Crippen molar-refractivity contribution in [1.29, 1.82) is 0 Å². The topological polar surface area (TPSA) is 55.6 Å². The summed E-state index contributed by atoms with van der Waals surface area (Å²) in [7, 11) is 3.46. The number of hydrogen-bond donors (Lipinski definition) is 1. The van der Waals surface area contributed by atoms with Gasteiger partial charge in [-0.1, -0.05) is 26.0 Å². The molecule has 0 aliphatic rings. The van der Waals surface area contributed by atoms with Crippen molar-refractivity contribution >= 4 is 5.91 Å². The smallest absolute Gasteiger partial charge is 0.223 e. The molecule has 0 aliphatic heterocycles. The van der Waals surface area contributed by atoms with E-state index in [-0.39, 0.29) is 11.3 Å². The third kappa shape index (κ3) is 4.91. The van der Waals surface area contributed by atoms with E-state index in [0.717, 1.165) is 11.3 Å². The molecule has 0 fully saturated rings. The summed E-state index contributed by atoms with van der Waals surface area (Å²) in [5.41, 5.74) is 6.59. The molecule has 2 N–H and O–H groups in total. The van der Waals surface area contributed by atoms with E-state index in [2.05, 4.69) is 0 Å². The second-order valence-electron chi connectivity index (χ2n) is 5.64. The number of methoxy groups -OCH3 is 1. The van der Waals surface area contributed by atoms with Gasteiger partial charge in [0.2, 0.25) is 5.91 Å². The van der Waals surface area contributed by atoms with Crippen LogP contribution in [0.5, 0.6) is 5.75 Å². The Kier molecular flexibility index (Phi) is 5.36. The first-order chi connectivity index (χ1) is 8.88. The van der Waals surface area contributed by atoms with Crippen molar-refractivity contribution in [3.63, 3.8) is 0 Å². The fourth-order valence-electron chi connectivity index (χ4n) is 1.71. The molecule has 0 saturated heterocycles. The number of hydrogen-bond acceptors (Lipinski definition) is 3. The van der Waals surface area contributed by atoms with Gasteiger partial charge < -0.3 is 15.4 Å². The van der Waals surface area contributed by atoms with Gasteiger partial charge in [0.05, 0.1) is 7.11 Å². The van der Waals surface area contributed by atoms with Gasteiger partial charge in [0.15, 0.2) is 0 Å². The van der Waals surface area contributed by atoms with Gasteiger partial charge in [-0.15, -0.1) is 0 Å². The number of carbonyl (C=O) groups is 1. The van der Waals surface area contributed by atoms with Crippen LogP contribution < -0.4 is 10.5 Å². The van der Waals surface area contributed by atoms with Gasteiger partial charge >= 0.3 is 0 Å². The van der Waals surface area contributed by atoms with Crippen LogP contribution in [-0.4, -0.2) is 31.5 Å². The van der Waals surface area contributed by atoms with Crippen LogP contribution in [0, 0.1) is 5.41 Å². The maximum Gasteiger partial charge on any atom is 0.223 e. The number of nitrogens with zero attached hydrogens (tertiary/aromatic N) is 1. The number of nitrogens with two attached hydrogens (primary N) is 1. The lowest BCUT2D eigenvalue weighted by Crippen LogP contribution is -2.34. The molecular formula is C15H24N2O2. The van der Waals surface area contributed by atoms with Crippen LogP contribution >= 0.6 is 0 Å². The Morgan fingerprint density at radius 1 is 1.32 bits per heavy atom. The van der Waals surface area contributed by atoms with Gasteiger partial charge in [-0.05, 0) is 29.7 Å². The number of carbonyl (C=O) groups excluding carboxylic acids is 1. The Labute approximate surface area is 115 Å². The SMILES string of the molecule is COc1ccc(CN(C)C(=O)CC(C)(C)CN)cc1. The van der Waals surface area contributed by atoms with E-state index in [4.69, 9.17) is 10.5 Å². The minimum absolute atomic E-state index is 0.117. The quantitative estimate of drug-likeness (QED) is 0.855. The van der Waals surface area contributed by atoms with Crippen molar-refractivity contribution < 1.29 is 9.53 Å². The summed E-state index contributed by atoms with van der Waals surface area (Å²) >= 11 is 0. The second kappa shape index (κ2) is 6.57. The molecule has 0 aromatic heterocycles. The van der Waals surface area contributed by atoms with Crippen LogP contribution in [0.3, 0.4) is 0 Å². The first kappa shape index (κ1) is 15.5. The maximum atomic E-state index is 12.1. The molecule has 106 valence electrons. The third-order valence-electron chi connectivity index (χ3n) is 3.19. The molecule has 1 amide bonds. The summed E-state index contributed by atoms with van der Waals surface area (Å²) in [5.74, 6) is 0.938. The molecule has 19 heavy (non-hydrogen) atoms. The van der Waals surface area contributed by atoms with E-state index in [1.54, 1.807) is 12.0 Å². The molecule has 0 radical (unpaired) electrons. The van der Waals surface area contributed by atoms with Gasteiger partial charge in [0, 0.05) is 20.0 Å². The standard InChI is InChI=1S/C15H24N2O2/c1-15(2,11-16)9-14(18)17(3)10-12-5-7-13(19-4)8-6-12/h5-8H,9-11,16H2,1-4H3. The first-order valence-corrected chi connectivity index (χ1v) is 6.45. The van der Waals surface area contributed by atoms with Gasteiger partial charge in [0.1, 0.15) is 5.75 Å². The fourth-order valence-corrected chi connectivity index (χ4v) is 1.71. The molecule has 0 spiro atoms. The zero-order chi connectivity index (χ0) is 14.5. The number of rotatable bonds is 6. The summed E-state index contributed by atoms with van der Waals surface area (Å²) in [6, 6.07) is 7.74. The minimum Gasteiger partial charge on any atom is -0.497 e. The van der Waals surface area contributed by atoms with Gasteiger partial charge in [-0.25, -0.2) is 0 Å². The highest BCUT2D eigenvalue weighted by molar-refractivity contribution is 5.76. The molecule has 4 heteroatoms. The Hall–Kier alpha value is -1.55. The number of amides is 1. The summed E-state index contributed by atoms with van der Waals surface area (Å²) in [6.45, 7) is 5.12. The minimum atomic E-state index is -0.148. The van der Waals surface area contributed by atoms with Crippen molar-refractivity contribution in [3.8, 4) is 5.75 Å². The predicted octanol–water partition coefficient (Wildman–Crippen LogP) is 2.03. The monoisotopic (exact) mass is 264 g/mol. The second-order valence-corrected chi connectivity index (χ2v) is 5.64. The van der Waals surface area contributed by atoms with Crippen molar-refractivity contribution in [1.82, 2.24) is 4.90 Å². The lowest BCUT2D eigenvalue weighted by Gasteiger charge is -2.25. The number of benzene rings is 1. The normalized spacial score (nSPS) is 11.2. The molecule has 0 saturated carbocycles. The Balaban J connectivity index is 2.58. The zero-order valence-electron chi connectivity index (χ0n) is 12.3. The summed E-state index contributed by atoms with van der Waals surface area (Å²) in [5, 5.41) is 0. The van der Waals surface area contributed by atoms with E-state index in [1.807, 2.05) is 45.2 Å². The van der Waals surface area contributed by atoms with Crippen LogP contribution in [0.1, 0.15) is 25.8 Å². The van der Waals surface area contributed by atoms with Gasteiger partial charge in [0.25, 0.3) is 0 Å². The van der Waals surface area contributed by atoms with E-state index in [0.29, 0.717) is 19.5 Å². The Morgan fingerprint density at radius 3 is 2.37 bits per heavy atom. The lowest BCUT2D eigenvalue weighted by molar-refractivity contribution is -0.132. The van der Waals surface area contributed by atoms with Crippen LogP contribution in [0.4, 0.5) is 0 Å². The maximum absolute atomic E-state index is 12.1. The summed E-state index contributed by atoms with van der Waals surface area (Å²) in [6.07, 6.45) is 0.468. The summed E-state index contributed by atoms with van der Waals surface area (Å²) in [4.78, 5) is 13.8.